The number of furan rings is 1. The summed E-state index contributed by atoms with van der Waals surface area (Å²) in [7, 11) is 0. The number of nitrogens with one attached hydrogen (secondary N) is 2. The third-order valence-electron chi connectivity index (χ3n) is 3.54. The number of rotatable bonds is 5. The Labute approximate surface area is 134 Å². The van der Waals surface area contributed by atoms with Crippen LogP contribution in [0, 0.1) is 12.8 Å². The second-order valence-electron chi connectivity index (χ2n) is 5.68. The highest BCUT2D eigenvalue weighted by atomic mass is 16.4. The SMILES string of the molecule is Cc1ccoc1C(=O)Nc1ccc(C(NC(=O)O)C(C)C)cc1. The van der Waals surface area contributed by atoms with Gasteiger partial charge in [-0.3, -0.25) is 4.79 Å². The van der Waals surface area contributed by atoms with Crippen molar-refractivity contribution in [2.75, 3.05) is 5.32 Å². The Morgan fingerprint density at radius 2 is 1.78 bits per heavy atom. The number of benzene rings is 1. The Bertz CT molecular complexity index is 689. The van der Waals surface area contributed by atoms with Gasteiger partial charge in [0.05, 0.1) is 12.3 Å². The molecular weight excluding hydrogens is 296 g/mol. The molecule has 0 spiro atoms. The molecule has 1 aromatic carbocycles. The summed E-state index contributed by atoms with van der Waals surface area (Å²) >= 11 is 0. The number of aryl methyl sites for hydroxylation is 1. The highest BCUT2D eigenvalue weighted by molar-refractivity contribution is 6.03. The molecule has 2 aromatic rings. The highest BCUT2D eigenvalue weighted by Gasteiger charge is 2.18. The van der Waals surface area contributed by atoms with Crippen molar-refractivity contribution in [3.63, 3.8) is 0 Å². The molecule has 2 rings (SSSR count). The summed E-state index contributed by atoms with van der Waals surface area (Å²) in [5, 5.41) is 14.2. The van der Waals surface area contributed by atoms with Crippen molar-refractivity contribution in [2.45, 2.75) is 26.8 Å². The molecule has 0 fully saturated rings. The molecule has 0 saturated carbocycles. The Morgan fingerprint density at radius 1 is 1.13 bits per heavy atom. The molecule has 1 unspecified atom stereocenters. The van der Waals surface area contributed by atoms with Crippen LogP contribution in [0.15, 0.2) is 41.0 Å². The number of hydrogen-bond acceptors (Lipinski definition) is 3. The van der Waals surface area contributed by atoms with Gasteiger partial charge in [0, 0.05) is 11.3 Å². The van der Waals surface area contributed by atoms with E-state index in [0.717, 1.165) is 11.1 Å². The van der Waals surface area contributed by atoms with Gasteiger partial charge in [-0.25, -0.2) is 4.79 Å². The monoisotopic (exact) mass is 316 g/mol. The molecule has 0 aliphatic carbocycles. The minimum atomic E-state index is -1.06. The predicted molar refractivity (Wildman–Crippen MR) is 86.6 cm³/mol. The van der Waals surface area contributed by atoms with Crippen molar-refractivity contribution in [1.82, 2.24) is 5.32 Å². The van der Waals surface area contributed by atoms with E-state index in [4.69, 9.17) is 9.52 Å². The first-order valence-corrected chi connectivity index (χ1v) is 7.33. The summed E-state index contributed by atoms with van der Waals surface area (Å²) in [4.78, 5) is 23.0. The average molecular weight is 316 g/mol. The molecule has 0 aliphatic rings. The molecule has 1 heterocycles. The van der Waals surface area contributed by atoms with E-state index in [2.05, 4.69) is 10.6 Å². The molecular formula is C17H20N2O4. The maximum atomic E-state index is 12.1. The lowest BCUT2D eigenvalue weighted by Crippen LogP contribution is -2.30. The fraction of sp³-hybridized carbons (Fsp3) is 0.294. The van der Waals surface area contributed by atoms with Crippen LogP contribution in [0.2, 0.25) is 0 Å². The number of carbonyl (C=O) groups is 2. The lowest BCUT2D eigenvalue weighted by atomic mass is 9.96. The molecule has 6 heteroatoms. The second-order valence-corrected chi connectivity index (χ2v) is 5.68. The molecule has 6 nitrogen and oxygen atoms in total. The minimum Gasteiger partial charge on any atom is -0.465 e. The maximum Gasteiger partial charge on any atom is 0.405 e. The van der Waals surface area contributed by atoms with E-state index in [-0.39, 0.29) is 23.6 Å². The highest BCUT2D eigenvalue weighted by Crippen LogP contribution is 2.23. The average Bonchev–Trinajstić information content (AvgIpc) is 2.91. The fourth-order valence-electron chi connectivity index (χ4n) is 2.33. The number of amides is 2. The first kappa shape index (κ1) is 16.6. The Balaban J connectivity index is 2.11. The standard InChI is InChI=1S/C17H20N2O4/c1-10(2)14(19-17(21)22)12-4-6-13(7-5-12)18-16(20)15-11(3)8-9-23-15/h4-10,14,19H,1-3H3,(H,18,20)(H,21,22). The van der Waals surface area contributed by atoms with Crippen LogP contribution in [-0.4, -0.2) is 17.1 Å². The smallest absolute Gasteiger partial charge is 0.405 e. The van der Waals surface area contributed by atoms with Gasteiger partial charge in [0.15, 0.2) is 5.76 Å². The third kappa shape index (κ3) is 4.12. The van der Waals surface area contributed by atoms with E-state index in [9.17, 15) is 9.59 Å². The molecule has 1 atom stereocenters. The van der Waals surface area contributed by atoms with Gasteiger partial charge < -0.3 is 20.2 Å². The van der Waals surface area contributed by atoms with E-state index in [0.29, 0.717) is 5.69 Å². The van der Waals surface area contributed by atoms with Gasteiger partial charge in [0.1, 0.15) is 0 Å². The van der Waals surface area contributed by atoms with Gasteiger partial charge in [0.2, 0.25) is 0 Å². The number of carboxylic acid groups (broad SMARTS) is 1. The van der Waals surface area contributed by atoms with Crippen molar-refractivity contribution < 1.29 is 19.1 Å². The van der Waals surface area contributed by atoms with Gasteiger partial charge in [-0.2, -0.15) is 0 Å². The minimum absolute atomic E-state index is 0.109. The molecule has 0 radical (unpaired) electrons. The largest absolute Gasteiger partial charge is 0.465 e. The van der Waals surface area contributed by atoms with Crippen molar-refractivity contribution in [2.24, 2.45) is 5.92 Å². The van der Waals surface area contributed by atoms with Crippen LogP contribution >= 0.6 is 0 Å². The number of hydrogen-bond donors (Lipinski definition) is 3. The van der Waals surface area contributed by atoms with Crippen LogP contribution in [0.5, 0.6) is 0 Å². The van der Waals surface area contributed by atoms with Gasteiger partial charge in [0.25, 0.3) is 5.91 Å². The summed E-state index contributed by atoms with van der Waals surface area (Å²) in [5.41, 5.74) is 2.23. The predicted octanol–water partition coefficient (Wildman–Crippen LogP) is 3.81. The normalized spacial score (nSPS) is 12.0. The zero-order valence-electron chi connectivity index (χ0n) is 13.3. The summed E-state index contributed by atoms with van der Waals surface area (Å²) in [6, 6.07) is 8.50. The van der Waals surface area contributed by atoms with Gasteiger partial charge >= 0.3 is 6.09 Å². The van der Waals surface area contributed by atoms with E-state index in [1.165, 1.54) is 6.26 Å². The quantitative estimate of drug-likeness (QED) is 0.782. The zero-order chi connectivity index (χ0) is 17.0. The Hall–Kier alpha value is -2.76. The molecule has 3 N–H and O–H groups in total. The summed E-state index contributed by atoms with van der Waals surface area (Å²) in [5.74, 6) is 0.0725. The Kier molecular flexibility index (Phi) is 5.05. The topological polar surface area (TPSA) is 91.6 Å². The summed E-state index contributed by atoms with van der Waals surface area (Å²) in [6.07, 6.45) is 0.410. The fourth-order valence-corrected chi connectivity index (χ4v) is 2.33. The molecule has 23 heavy (non-hydrogen) atoms. The first-order chi connectivity index (χ1) is 10.9. The van der Waals surface area contributed by atoms with Crippen molar-refractivity contribution in [1.29, 1.82) is 0 Å². The van der Waals surface area contributed by atoms with Crippen LogP contribution in [0.3, 0.4) is 0 Å². The molecule has 0 bridgehead atoms. The van der Waals surface area contributed by atoms with Crippen LogP contribution in [0.4, 0.5) is 10.5 Å². The van der Waals surface area contributed by atoms with E-state index in [1.54, 1.807) is 37.3 Å². The van der Waals surface area contributed by atoms with Crippen LogP contribution < -0.4 is 10.6 Å². The van der Waals surface area contributed by atoms with E-state index in [1.807, 2.05) is 13.8 Å². The van der Waals surface area contributed by atoms with E-state index >= 15 is 0 Å². The lowest BCUT2D eigenvalue weighted by Gasteiger charge is -2.21. The molecule has 0 aliphatic heterocycles. The van der Waals surface area contributed by atoms with E-state index < -0.39 is 6.09 Å². The van der Waals surface area contributed by atoms with Gasteiger partial charge in [-0.15, -0.1) is 0 Å². The van der Waals surface area contributed by atoms with Crippen molar-refractivity contribution in [3.8, 4) is 0 Å². The van der Waals surface area contributed by atoms with Crippen LogP contribution in [0.1, 0.15) is 41.6 Å². The van der Waals surface area contributed by atoms with Crippen LogP contribution in [-0.2, 0) is 0 Å². The maximum absolute atomic E-state index is 12.1. The second kappa shape index (κ2) is 7.00. The van der Waals surface area contributed by atoms with Crippen molar-refractivity contribution in [3.05, 3.63) is 53.5 Å². The third-order valence-corrected chi connectivity index (χ3v) is 3.54. The molecule has 0 saturated heterocycles. The summed E-state index contributed by atoms with van der Waals surface area (Å²) in [6.45, 7) is 5.68. The van der Waals surface area contributed by atoms with Crippen molar-refractivity contribution >= 4 is 17.7 Å². The molecule has 122 valence electrons. The van der Waals surface area contributed by atoms with Gasteiger partial charge in [-0.1, -0.05) is 26.0 Å². The van der Waals surface area contributed by atoms with Crippen LogP contribution in [0.25, 0.3) is 0 Å². The molecule has 1 aromatic heterocycles. The number of anilines is 1. The Morgan fingerprint density at radius 3 is 2.26 bits per heavy atom. The zero-order valence-corrected chi connectivity index (χ0v) is 13.3. The van der Waals surface area contributed by atoms with Gasteiger partial charge in [-0.05, 0) is 36.6 Å². The molecule has 2 amide bonds. The summed E-state index contributed by atoms with van der Waals surface area (Å²) < 4.78 is 5.15. The first-order valence-electron chi connectivity index (χ1n) is 7.33. The number of carbonyl (C=O) groups excluding carboxylic acids is 1. The lowest BCUT2D eigenvalue weighted by molar-refractivity contribution is 0.0996.